The van der Waals surface area contributed by atoms with Gasteiger partial charge in [0.1, 0.15) is 0 Å². The number of rotatable bonds is 3. The zero-order valence-corrected chi connectivity index (χ0v) is 9.74. The molecule has 1 aliphatic rings. The first-order valence-corrected chi connectivity index (χ1v) is 5.77. The lowest BCUT2D eigenvalue weighted by Crippen LogP contribution is -2.34. The third-order valence-corrected chi connectivity index (χ3v) is 3.03. The Morgan fingerprint density at radius 3 is 2.39 bits per heavy atom. The SMILES string of the molecule is O=C(O)C1CC=CCC1C(=O)Nc1ccncc1. The predicted octanol–water partition coefficient (Wildman–Crippen LogP) is 1.69. The first kappa shape index (κ1) is 12.3. The molecule has 1 heterocycles. The van der Waals surface area contributed by atoms with E-state index in [-0.39, 0.29) is 5.91 Å². The molecule has 1 aliphatic carbocycles. The summed E-state index contributed by atoms with van der Waals surface area (Å²) >= 11 is 0. The quantitative estimate of drug-likeness (QED) is 0.795. The average Bonchev–Trinajstić information content (AvgIpc) is 2.40. The Morgan fingerprint density at radius 1 is 1.17 bits per heavy atom. The van der Waals surface area contributed by atoms with Crippen molar-refractivity contribution in [2.24, 2.45) is 11.8 Å². The van der Waals surface area contributed by atoms with E-state index < -0.39 is 17.8 Å². The Hall–Kier alpha value is -2.17. The molecule has 0 saturated heterocycles. The highest BCUT2D eigenvalue weighted by molar-refractivity contribution is 5.95. The van der Waals surface area contributed by atoms with Crippen LogP contribution in [0.25, 0.3) is 0 Å². The topological polar surface area (TPSA) is 79.3 Å². The number of nitrogens with zero attached hydrogens (tertiary/aromatic N) is 1. The molecule has 5 nitrogen and oxygen atoms in total. The van der Waals surface area contributed by atoms with Crippen molar-refractivity contribution >= 4 is 17.6 Å². The van der Waals surface area contributed by atoms with Crippen LogP contribution in [-0.2, 0) is 9.59 Å². The van der Waals surface area contributed by atoms with Crippen LogP contribution in [0, 0.1) is 11.8 Å². The molecule has 0 spiro atoms. The van der Waals surface area contributed by atoms with Crippen LogP contribution in [-0.4, -0.2) is 22.0 Å². The largest absolute Gasteiger partial charge is 0.481 e. The zero-order valence-electron chi connectivity index (χ0n) is 9.74. The van der Waals surface area contributed by atoms with Gasteiger partial charge in [-0.2, -0.15) is 0 Å². The van der Waals surface area contributed by atoms with Gasteiger partial charge in [0.15, 0.2) is 0 Å². The summed E-state index contributed by atoms with van der Waals surface area (Å²) in [6.45, 7) is 0. The Labute approximate surface area is 105 Å². The van der Waals surface area contributed by atoms with Crippen molar-refractivity contribution in [3.8, 4) is 0 Å². The number of carbonyl (C=O) groups excluding carboxylic acids is 1. The second-order valence-corrected chi connectivity index (χ2v) is 4.22. The molecular formula is C13H14N2O3. The van der Waals surface area contributed by atoms with Crippen molar-refractivity contribution in [1.82, 2.24) is 4.98 Å². The molecule has 1 aromatic heterocycles. The molecule has 1 amide bonds. The van der Waals surface area contributed by atoms with Crippen LogP contribution < -0.4 is 5.32 Å². The number of aromatic nitrogens is 1. The molecule has 18 heavy (non-hydrogen) atoms. The van der Waals surface area contributed by atoms with Crippen molar-refractivity contribution in [2.45, 2.75) is 12.8 Å². The van der Waals surface area contributed by atoms with Crippen molar-refractivity contribution in [2.75, 3.05) is 5.32 Å². The molecule has 0 aliphatic heterocycles. The third kappa shape index (κ3) is 2.74. The fourth-order valence-electron chi connectivity index (χ4n) is 2.05. The van der Waals surface area contributed by atoms with Gasteiger partial charge >= 0.3 is 5.97 Å². The lowest BCUT2D eigenvalue weighted by atomic mass is 9.82. The molecule has 0 saturated carbocycles. The van der Waals surface area contributed by atoms with Gasteiger partial charge in [0.2, 0.25) is 5.91 Å². The highest BCUT2D eigenvalue weighted by atomic mass is 16.4. The Kier molecular flexibility index (Phi) is 3.72. The fourth-order valence-corrected chi connectivity index (χ4v) is 2.05. The summed E-state index contributed by atoms with van der Waals surface area (Å²) in [5, 5.41) is 11.8. The number of hydrogen-bond acceptors (Lipinski definition) is 3. The second kappa shape index (κ2) is 5.44. The van der Waals surface area contributed by atoms with Crippen LogP contribution in [0.3, 0.4) is 0 Å². The molecular weight excluding hydrogens is 232 g/mol. The number of anilines is 1. The summed E-state index contributed by atoms with van der Waals surface area (Å²) in [7, 11) is 0. The maximum Gasteiger partial charge on any atom is 0.307 e. The number of nitrogens with one attached hydrogen (secondary N) is 1. The van der Waals surface area contributed by atoms with Gasteiger partial charge in [0.25, 0.3) is 0 Å². The van der Waals surface area contributed by atoms with Gasteiger partial charge in [-0.15, -0.1) is 0 Å². The molecule has 0 bridgehead atoms. The Balaban J connectivity index is 2.08. The van der Waals surface area contributed by atoms with Gasteiger partial charge in [-0.25, -0.2) is 0 Å². The summed E-state index contributed by atoms with van der Waals surface area (Å²) in [5.41, 5.74) is 0.633. The minimum Gasteiger partial charge on any atom is -0.481 e. The number of carbonyl (C=O) groups is 2. The number of amides is 1. The maximum absolute atomic E-state index is 12.1. The molecule has 1 aromatic rings. The smallest absolute Gasteiger partial charge is 0.307 e. The van der Waals surface area contributed by atoms with E-state index in [2.05, 4.69) is 10.3 Å². The van der Waals surface area contributed by atoms with Gasteiger partial charge in [-0.05, 0) is 25.0 Å². The first-order chi connectivity index (χ1) is 8.68. The van der Waals surface area contributed by atoms with Crippen LogP contribution in [0.15, 0.2) is 36.7 Å². The van der Waals surface area contributed by atoms with Gasteiger partial charge in [0, 0.05) is 18.1 Å². The summed E-state index contributed by atoms with van der Waals surface area (Å²) in [6.07, 6.45) is 7.69. The van der Waals surface area contributed by atoms with E-state index in [1.165, 1.54) is 0 Å². The Bertz CT molecular complexity index is 470. The van der Waals surface area contributed by atoms with Gasteiger partial charge < -0.3 is 10.4 Å². The van der Waals surface area contributed by atoms with E-state index in [1.54, 1.807) is 24.5 Å². The number of hydrogen-bond donors (Lipinski definition) is 2. The van der Waals surface area contributed by atoms with E-state index in [4.69, 9.17) is 5.11 Å². The molecule has 0 aromatic carbocycles. The molecule has 94 valence electrons. The first-order valence-electron chi connectivity index (χ1n) is 5.77. The lowest BCUT2D eigenvalue weighted by Gasteiger charge is -2.24. The number of aliphatic carboxylic acids is 1. The molecule has 0 fully saturated rings. The summed E-state index contributed by atoms with van der Waals surface area (Å²) < 4.78 is 0. The molecule has 2 rings (SSSR count). The predicted molar refractivity (Wildman–Crippen MR) is 65.9 cm³/mol. The number of carboxylic acid groups (broad SMARTS) is 1. The number of carboxylic acids is 1. The van der Waals surface area contributed by atoms with Gasteiger partial charge in [-0.3, -0.25) is 14.6 Å². The fraction of sp³-hybridized carbons (Fsp3) is 0.308. The third-order valence-electron chi connectivity index (χ3n) is 3.03. The van der Waals surface area contributed by atoms with Gasteiger partial charge in [0.05, 0.1) is 11.8 Å². The second-order valence-electron chi connectivity index (χ2n) is 4.22. The molecule has 2 unspecified atom stereocenters. The van der Waals surface area contributed by atoms with Crippen LogP contribution in [0.1, 0.15) is 12.8 Å². The van der Waals surface area contributed by atoms with Crippen LogP contribution >= 0.6 is 0 Å². The van der Waals surface area contributed by atoms with Crippen molar-refractivity contribution in [1.29, 1.82) is 0 Å². The molecule has 5 heteroatoms. The van der Waals surface area contributed by atoms with E-state index in [9.17, 15) is 9.59 Å². The average molecular weight is 246 g/mol. The standard InChI is InChI=1S/C13H14N2O3/c16-12(15-9-5-7-14-8-6-9)10-3-1-2-4-11(10)13(17)18/h1-2,5-8,10-11H,3-4H2,(H,17,18)(H,14,15,16). The van der Waals surface area contributed by atoms with E-state index in [0.717, 1.165) is 0 Å². The van der Waals surface area contributed by atoms with Crippen molar-refractivity contribution in [3.63, 3.8) is 0 Å². The number of pyridine rings is 1. The summed E-state index contributed by atoms with van der Waals surface area (Å²) in [4.78, 5) is 27.0. The lowest BCUT2D eigenvalue weighted by molar-refractivity contribution is -0.146. The zero-order chi connectivity index (χ0) is 13.0. The van der Waals surface area contributed by atoms with Crippen LogP contribution in [0.5, 0.6) is 0 Å². The van der Waals surface area contributed by atoms with Gasteiger partial charge in [-0.1, -0.05) is 12.2 Å². The number of allylic oxidation sites excluding steroid dienone is 2. The highest BCUT2D eigenvalue weighted by Crippen LogP contribution is 2.27. The van der Waals surface area contributed by atoms with Crippen molar-refractivity contribution < 1.29 is 14.7 Å². The van der Waals surface area contributed by atoms with Crippen LogP contribution in [0.4, 0.5) is 5.69 Å². The Morgan fingerprint density at radius 2 is 1.78 bits per heavy atom. The summed E-state index contributed by atoms with van der Waals surface area (Å²) in [6, 6.07) is 3.35. The van der Waals surface area contributed by atoms with E-state index in [1.807, 2.05) is 12.2 Å². The van der Waals surface area contributed by atoms with E-state index >= 15 is 0 Å². The summed E-state index contributed by atoms with van der Waals surface area (Å²) in [5.74, 6) is -2.33. The molecule has 0 radical (unpaired) electrons. The molecule has 2 N–H and O–H groups in total. The maximum atomic E-state index is 12.1. The minimum absolute atomic E-state index is 0.252. The van der Waals surface area contributed by atoms with Crippen molar-refractivity contribution in [3.05, 3.63) is 36.7 Å². The minimum atomic E-state index is -0.922. The molecule has 2 atom stereocenters. The normalized spacial score (nSPS) is 22.4. The van der Waals surface area contributed by atoms with Crippen LogP contribution in [0.2, 0.25) is 0 Å². The highest BCUT2D eigenvalue weighted by Gasteiger charge is 2.33. The monoisotopic (exact) mass is 246 g/mol. The van der Waals surface area contributed by atoms with E-state index in [0.29, 0.717) is 18.5 Å².